The van der Waals surface area contributed by atoms with E-state index in [4.69, 9.17) is 4.74 Å². The van der Waals surface area contributed by atoms with E-state index in [0.717, 1.165) is 22.3 Å². The number of hydrogen-bond donors (Lipinski definition) is 3. The zero-order chi connectivity index (χ0) is 23.1. The molecule has 0 fully saturated rings. The topological polar surface area (TPSA) is 105 Å². The Morgan fingerprint density at radius 1 is 1.00 bits per heavy atom. The summed E-state index contributed by atoms with van der Waals surface area (Å²) in [7, 11) is 0. The van der Waals surface area contributed by atoms with Crippen LogP contribution in [0.2, 0.25) is 0 Å². The zero-order valence-corrected chi connectivity index (χ0v) is 18.5. The molecule has 7 nitrogen and oxygen atoms in total. The number of carboxylic acid groups (broad SMARTS) is 1. The third-order valence-electron chi connectivity index (χ3n) is 5.87. The first kappa shape index (κ1) is 23.3. The van der Waals surface area contributed by atoms with Crippen LogP contribution < -0.4 is 10.6 Å². The van der Waals surface area contributed by atoms with Crippen molar-refractivity contribution < 1.29 is 24.2 Å². The number of carbonyl (C=O) groups is 3. The average Bonchev–Trinajstić information content (AvgIpc) is 3.12. The molecule has 32 heavy (non-hydrogen) atoms. The van der Waals surface area contributed by atoms with Crippen LogP contribution in [0.3, 0.4) is 0 Å². The van der Waals surface area contributed by atoms with Gasteiger partial charge < -0.3 is 20.5 Å². The maximum atomic E-state index is 12.5. The van der Waals surface area contributed by atoms with Gasteiger partial charge in [-0.15, -0.1) is 0 Å². The first-order valence-electron chi connectivity index (χ1n) is 11.1. The van der Waals surface area contributed by atoms with E-state index < -0.39 is 29.9 Å². The predicted molar refractivity (Wildman–Crippen MR) is 121 cm³/mol. The highest BCUT2D eigenvalue weighted by Crippen LogP contribution is 2.44. The van der Waals surface area contributed by atoms with Crippen LogP contribution in [0, 0.1) is 5.92 Å². The molecule has 2 amide bonds. The molecule has 0 aliphatic heterocycles. The lowest BCUT2D eigenvalue weighted by molar-refractivity contribution is -0.142. The van der Waals surface area contributed by atoms with Gasteiger partial charge in [-0.3, -0.25) is 9.59 Å². The number of benzene rings is 2. The molecule has 0 spiro atoms. The number of nitrogens with one attached hydrogen (secondary N) is 2. The van der Waals surface area contributed by atoms with Gasteiger partial charge in [-0.2, -0.15) is 0 Å². The number of carboxylic acids is 1. The monoisotopic (exact) mass is 438 g/mol. The molecule has 1 aliphatic carbocycles. The average molecular weight is 439 g/mol. The summed E-state index contributed by atoms with van der Waals surface area (Å²) >= 11 is 0. The van der Waals surface area contributed by atoms with Crippen molar-refractivity contribution >= 4 is 18.0 Å². The van der Waals surface area contributed by atoms with Crippen molar-refractivity contribution in [3.8, 4) is 11.1 Å². The molecule has 0 bridgehead atoms. The van der Waals surface area contributed by atoms with Gasteiger partial charge >= 0.3 is 12.1 Å². The Bertz CT molecular complexity index is 929. The summed E-state index contributed by atoms with van der Waals surface area (Å²) in [6.45, 7) is 3.86. The Balaban J connectivity index is 1.57. The van der Waals surface area contributed by atoms with Crippen molar-refractivity contribution in [3.63, 3.8) is 0 Å². The van der Waals surface area contributed by atoms with Gasteiger partial charge in [0.15, 0.2) is 0 Å². The smallest absolute Gasteiger partial charge is 0.407 e. The van der Waals surface area contributed by atoms with Crippen LogP contribution in [-0.4, -0.2) is 42.3 Å². The van der Waals surface area contributed by atoms with E-state index in [9.17, 15) is 19.5 Å². The number of ether oxygens (including phenoxy) is 1. The quantitative estimate of drug-likeness (QED) is 0.521. The van der Waals surface area contributed by atoms with Gasteiger partial charge in [-0.05, 0) is 35.1 Å². The number of aliphatic carboxylic acids is 1. The van der Waals surface area contributed by atoms with Crippen LogP contribution in [0.5, 0.6) is 0 Å². The molecule has 0 aromatic heterocycles. The molecule has 0 radical (unpaired) electrons. The van der Waals surface area contributed by atoms with Crippen molar-refractivity contribution in [1.29, 1.82) is 0 Å². The van der Waals surface area contributed by atoms with Crippen LogP contribution in [0.15, 0.2) is 48.5 Å². The van der Waals surface area contributed by atoms with Crippen LogP contribution in [0.4, 0.5) is 4.79 Å². The van der Waals surface area contributed by atoms with Crippen LogP contribution in [0.25, 0.3) is 11.1 Å². The van der Waals surface area contributed by atoms with Gasteiger partial charge in [0.2, 0.25) is 5.91 Å². The second-order valence-corrected chi connectivity index (χ2v) is 8.00. The summed E-state index contributed by atoms with van der Waals surface area (Å²) in [6, 6.07) is 15.3. The lowest BCUT2D eigenvalue weighted by Gasteiger charge is -2.20. The SMILES string of the molecule is CCCC(CNC(=O)[C@H](CC)NC(=O)OCC1c2ccccc2-c2ccccc21)C(=O)O. The van der Waals surface area contributed by atoms with Gasteiger partial charge in [-0.25, -0.2) is 4.79 Å². The van der Waals surface area contributed by atoms with E-state index in [0.29, 0.717) is 19.3 Å². The summed E-state index contributed by atoms with van der Waals surface area (Å²) in [5.41, 5.74) is 4.51. The Morgan fingerprint density at radius 2 is 1.59 bits per heavy atom. The lowest BCUT2D eigenvalue weighted by atomic mass is 9.98. The molecule has 3 rings (SSSR count). The molecule has 2 atom stereocenters. The first-order chi connectivity index (χ1) is 15.5. The number of amides is 2. The minimum Gasteiger partial charge on any atom is -0.481 e. The minimum atomic E-state index is -0.940. The van der Waals surface area contributed by atoms with Crippen LogP contribution >= 0.6 is 0 Å². The zero-order valence-electron chi connectivity index (χ0n) is 18.5. The third-order valence-corrected chi connectivity index (χ3v) is 5.87. The Labute approximate surface area is 188 Å². The Kier molecular flexibility index (Phi) is 7.87. The van der Waals surface area contributed by atoms with Gasteiger partial charge in [0.25, 0.3) is 0 Å². The summed E-state index contributed by atoms with van der Waals surface area (Å²) in [6.07, 6.45) is 0.882. The summed E-state index contributed by atoms with van der Waals surface area (Å²) in [5, 5.41) is 14.5. The summed E-state index contributed by atoms with van der Waals surface area (Å²) < 4.78 is 5.50. The Hall–Kier alpha value is -3.35. The molecular formula is C25H30N2O5. The second kappa shape index (κ2) is 10.8. The molecule has 1 unspecified atom stereocenters. The maximum Gasteiger partial charge on any atom is 0.407 e. The second-order valence-electron chi connectivity index (χ2n) is 8.00. The lowest BCUT2D eigenvalue weighted by Crippen LogP contribution is -2.48. The van der Waals surface area contributed by atoms with Crippen LogP contribution in [0.1, 0.15) is 50.2 Å². The molecule has 2 aromatic carbocycles. The van der Waals surface area contributed by atoms with E-state index in [1.165, 1.54) is 0 Å². The fourth-order valence-electron chi connectivity index (χ4n) is 4.14. The van der Waals surface area contributed by atoms with Crippen molar-refractivity contribution in [2.45, 2.75) is 45.1 Å². The highest BCUT2D eigenvalue weighted by atomic mass is 16.5. The molecular weight excluding hydrogens is 408 g/mol. The normalized spacial score (nSPS) is 14.1. The number of alkyl carbamates (subject to hydrolysis) is 1. The molecule has 1 aliphatic rings. The van der Waals surface area contributed by atoms with Gasteiger partial charge in [0.05, 0.1) is 5.92 Å². The van der Waals surface area contributed by atoms with E-state index >= 15 is 0 Å². The highest BCUT2D eigenvalue weighted by molar-refractivity contribution is 5.86. The van der Waals surface area contributed by atoms with E-state index in [1.807, 2.05) is 43.3 Å². The number of carbonyl (C=O) groups excluding carboxylic acids is 2. The van der Waals surface area contributed by atoms with Gasteiger partial charge in [0, 0.05) is 12.5 Å². The van der Waals surface area contributed by atoms with E-state index in [2.05, 4.69) is 22.8 Å². The fourth-order valence-corrected chi connectivity index (χ4v) is 4.14. The maximum absolute atomic E-state index is 12.5. The van der Waals surface area contributed by atoms with Gasteiger partial charge in [0.1, 0.15) is 12.6 Å². The minimum absolute atomic E-state index is 0.0326. The van der Waals surface area contributed by atoms with Crippen molar-refractivity contribution in [1.82, 2.24) is 10.6 Å². The molecule has 2 aromatic rings. The highest BCUT2D eigenvalue weighted by Gasteiger charge is 2.29. The number of fused-ring (bicyclic) bond motifs is 3. The molecule has 7 heteroatoms. The standard InChI is InChI=1S/C25H30N2O5/c1-3-9-16(24(29)30)14-26-23(28)22(4-2)27-25(31)32-15-21-19-12-7-5-10-17(19)18-11-6-8-13-20(18)21/h5-8,10-13,16,21-22H,3-4,9,14-15H2,1-2H3,(H,26,28)(H,27,31)(H,29,30)/t16?,22-/m0/s1. The molecule has 0 saturated heterocycles. The van der Waals surface area contributed by atoms with Crippen molar-refractivity contribution in [2.24, 2.45) is 5.92 Å². The molecule has 3 N–H and O–H groups in total. The fraction of sp³-hybridized carbons (Fsp3) is 0.400. The predicted octanol–water partition coefficient (Wildman–Crippen LogP) is 3.92. The summed E-state index contributed by atoms with van der Waals surface area (Å²) in [4.78, 5) is 36.2. The molecule has 170 valence electrons. The summed E-state index contributed by atoms with van der Waals surface area (Å²) in [5.74, 6) is -2.06. The van der Waals surface area contributed by atoms with Gasteiger partial charge in [-0.1, -0.05) is 68.8 Å². The number of hydrogen-bond acceptors (Lipinski definition) is 4. The Morgan fingerprint density at radius 3 is 2.12 bits per heavy atom. The first-order valence-corrected chi connectivity index (χ1v) is 11.1. The largest absolute Gasteiger partial charge is 0.481 e. The van der Waals surface area contributed by atoms with Crippen molar-refractivity contribution in [2.75, 3.05) is 13.2 Å². The molecule has 0 heterocycles. The van der Waals surface area contributed by atoms with Crippen molar-refractivity contribution in [3.05, 3.63) is 59.7 Å². The van der Waals surface area contributed by atoms with Crippen LogP contribution in [-0.2, 0) is 14.3 Å². The van der Waals surface area contributed by atoms with E-state index in [-0.39, 0.29) is 19.1 Å². The molecule has 0 saturated carbocycles. The van der Waals surface area contributed by atoms with E-state index in [1.54, 1.807) is 6.92 Å². The number of rotatable bonds is 10. The third kappa shape index (κ3) is 5.28.